The molecule has 0 aromatic heterocycles. The van der Waals surface area contributed by atoms with Gasteiger partial charge in [0.2, 0.25) is 29.5 Å². The molecule has 6 amide bonds. The van der Waals surface area contributed by atoms with Gasteiger partial charge in [-0.25, -0.2) is 4.79 Å². The Morgan fingerprint density at radius 2 is 1.43 bits per heavy atom. The van der Waals surface area contributed by atoms with E-state index in [4.69, 9.17) is 10.5 Å². The molecule has 0 aliphatic carbocycles. The van der Waals surface area contributed by atoms with Crippen LogP contribution in [-0.4, -0.2) is 97.0 Å². The van der Waals surface area contributed by atoms with E-state index in [0.717, 1.165) is 0 Å². The molecule has 0 aliphatic heterocycles. The highest BCUT2D eigenvalue weighted by atomic mass is 32.2. The van der Waals surface area contributed by atoms with E-state index in [1.54, 1.807) is 51.1 Å². The Balaban J connectivity index is 3.10. The molecule has 49 heavy (non-hydrogen) atoms. The molecule has 0 radical (unpaired) electrons. The molecule has 0 saturated heterocycles. The van der Waals surface area contributed by atoms with Crippen LogP contribution in [0.4, 0.5) is 4.79 Å². The second-order valence-corrected chi connectivity index (χ2v) is 13.8. The zero-order valence-corrected chi connectivity index (χ0v) is 30.2. The topological polar surface area (TPSA) is 224 Å². The van der Waals surface area contributed by atoms with Crippen LogP contribution in [0.25, 0.3) is 0 Å². The molecule has 0 saturated carbocycles. The fourth-order valence-corrected chi connectivity index (χ4v) is 4.92. The Morgan fingerprint density at radius 1 is 0.816 bits per heavy atom. The van der Waals surface area contributed by atoms with Crippen molar-refractivity contribution in [2.24, 2.45) is 11.7 Å². The number of alkyl carbamates (subject to hydrolysis) is 1. The molecule has 0 aliphatic rings. The van der Waals surface area contributed by atoms with Crippen molar-refractivity contribution in [2.75, 3.05) is 25.7 Å². The van der Waals surface area contributed by atoms with Gasteiger partial charge in [-0.2, -0.15) is 11.8 Å². The molecular weight excluding hydrogens is 656 g/mol. The number of amides is 6. The molecule has 4 atom stereocenters. The smallest absolute Gasteiger partial charge is 0.408 e. The van der Waals surface area contributed by atoms with E-state index in [1.165, 1.54) is 18.9 Å². The normalized spacial score (nSPS) is 13.6. The van der Waals surface area contributed by atoms with Crippen molar-refractivity contribution in [3.8, 4) is 0 Å². The van der Waals surface area contributed by atoms with E-state index in [2.05, 4.69) is 31.3 Å². The number of esters is 1. The first-order valence-corrected chi connectivity index (χ1v) is 17.4. The molecule has 1 aromatic carbocycles. The summed E-state index contributed by atoms with van der Waals surface area (Å²) in [5.41, 5.74) is 5.28. The summed E-state index contributed by atoms with van der Waals surface area (Å²) < 4.78 is 9.93. The van der Waals surface area contributed by atoms with Crippen molar-refractivity contribution in [3.63, 3.8) is 0 Å². The molecule has 0 spiro atoms. The minimum Gasteiger partial charge on any atom is -0.469 e. The van der Waals surface area contributed by atoms with Crippen molar-refractivity contribution < 1.29 is 43.0 Å². The highest BCUT2D eigenvalue weighted by Gasteiger charge is 2.30. The van der Waals surface area contributed by atoms with Gasteiger partial charge in [-0.1, -0.05) is 44.2 Å². The maximum absolute atomic E-state index is 13.4. The Labute approximate surface area is 292 Å². The van der Waals surface area contributed by atoms with Crippen molar-refractivity contribution in [1.82, 2.24) is 26.6 Å². The van der Waals surface area contributed by atoms with Crippen molar-refractivity contribution >= 4 is 53.4 Å². The lowest BCUT2D eigenvalue weighted by Gasteiger charge is -2.25. The molecule has 0 bridgehead atoms. The van der Waals surface area contributed by atoms with Gasteiger partial charge in [0, 0.05) is 12.8 Å². The van der Waals surface area contributed by atoms with Crippen LogP contribution in [0.15, 0.2) is 30.3 Å². The molecule has 1 aromatic rings. The van der Waals surface area contributed by atoms with E-state index in [0.29, 0.717) is 17.7 Å². The minimum absolute atomic E-state index is 0.00394. The quantitative estimate of drug-likeness (QED) is 0.105. The monoisotopic (exact) mass is 708 g/mol. The van der Waals surface area contributed by atoms with Gasteiger partial charge in [0.15, 0.2) is 0 Å². The van der Waals surface area contributed by atoms with E-state index in [-0.39, 0.29) is 31.6 Å². The second-order valence-electron chi connectivity index (χ2n) is 12.8. The van der Waals surface area contributed by atoms with Crippen LogP contribution in [0.3, 0.4) is 0 Å². The number of nitrogens with two attached hydrogens (primary N) is 1. The van der Waals surface area contributed by atoms with Crippen molar-refractivity contribution in [1.29, 1.82) is 0 Å². The molecule has 0 unspecified atom stereocenters. The number of benzene rings is 1. The zero-order chi connectivity index (χ0) is 37.1. The van der Waals surface area contributed by atoms with E-state index < -0.39 is 77.9 Å². The molecular formula is C33H52N6O9S. The average Bonchev–Trinajstić information content (AvgIpc) is 3.02. The van der Waals surface area contributed by atoms with Crippen LogP contribution in [-0.2, 0) is 44.7 Å². The maximum atomic E-state index is 13.4. The summed E-state index contributed by atoms with van der Waals surface area (Å²) in [6, 6.07) is 4.42. The number of primary amides is 1. The molecule has 16 heteroatoms. The van der Waals surface area contributed by atoms with Crippen LogP contribution < -0.4 is 32.3 Å². The largest absolute Gasteiger partial charge is 0.469 e. The summed E-state index contributed by atoms with van der Waals surface area (Å²) >= 11 is 1.49. The number of ether oxygens (including phenoxy) is 2. The first-order chi connectivity index (χ1) is 22.9. The highest BCUT2D eigenvalue weighted by molar-refractivity contribution is 7.98. The number of rotatable bonds is 20. The van der Waals surface area contributed by atoms with Crippen molar-refractivity contribution in [3.05, 3.63) is 35.9 Å². The number of hydrogen-bond donors (Lipinski definition) is 6. The van der Waals surface area contributed by atoms with Gasteiger partial charge in [-0.05, 0) is 63.5 Å². The van der Waals surface area contributed by atoms with Gasteiger partial charge in [0.05, 0.1) is 13.7 Å². The Kier molecular flexibility index (Phi) is 18.8. The van der Waals surface area contributed by atoms with Gasteiger partial charge in [-0.15, -0.1) is 0 Å². The third kappa shape index (κ3) is 18.1. The van der Waals surface area contributed by atoms with Gasteiger partial charge in [0.25, 0.3) is 0 Å². The fourth-order valence-electron chi connectivity index (χ4n) is 4.45. The molecule has 274 valence electrons. The Morgan fingerprint density at radius 3 is 1.98 bits per heavy atom. The number of nitrogens with one attached hydrogen (secondary N) is 5. The molecule has 15 nitrogen and oxygen atoms in total. The minimum atomic E-state index is -1.27. The number of carbonyl (C=O) groups is 7. The standard InChI is InChI=1S/C33H52N6O9S/c1-20(2)17-24(31(45)37-22(28(34)42)15-16-49-7)36-26(40)19-35-29(43)25(18-21-11-9-8-10-12-21)38-30(44)23(13-14-27(41)47-6)39-32(46)48-33(3,4)5/h8-12,20,22-25H,13-19H2,1-7H3,(H2,34,42)(H,35,43)(H,36,40)(H,37,45)(H,38,44)(H,39,46)/t22-,23-,24-,25-/m0/s1. The SMILES string of the molecule is COC(=O)CC[C@H](NC(=O)OC(C)(C)C)C(=O)N[C@@H](Cc1ccccc1)C(=O)NCC(=O)N[C@@H](CC(C)C)C(=O)N[C@@H](CCSC)C(N)=O. The van der Waals surface area contributed by atoms with Gasteiger partial charge in [-0.3, -0.25) is 28.8 Å². The summed E-state index contributed by atoms with van der Waals surface area (Å²) in [5.74, 6) is -3.46. The summed E-state index contributed by atoms with van der Waals surface area (Å²) in [6.45, 7) is 8.13. The number of carbonyl (C=O) groups excluding carboxylic acids is 7. The summed E-state index contributed by atoms with van der Waals surface area (Å²) in [6.07, 6.45) is 1.21. The summed E-state index contributed by atoms with van der Waals surface area (Å²) in [5, 5.41) is 12.8. The van der Waals surface area contributed by atoms with Crippen LogP contribution >= 0.6 is 11.8 Å². The number of hydrogen-bond acceptors (Lipinski definition) is 10. The van der Waals surface area contributed by atoms with Crippen LogP contribution in [0.1, 0.15) is 65.9 Å². The molecule has 1 rings (SSSR count). The van der Waals surface area contributed by atoms with Crippen LogP contribution in [0, 0.1) is 5.92 Å². The van der Waals surface area contributed by atoms with Gasteiger partial charge < -0.3 is 41.8 Å². The van der Waals surface area contributed by atoms with Crippen LogP contribution in [0.5, 0.6) is 0 Å². The van der Waals surface area contributed by atoms with E-state index in [9.17, 15) is 33.6 Å². The zero-order valence-electron chi connectivity index (χ0n) is 29.4. The maximum Gasteiger partial charge on any atom is 0.408 e. The molecule has 0 heterocycles. The molecule has 0 fully saturated rings. The summed E-state index contributed by atoms with van der Waals surface area (Å²) in [7, 11) is 1.19. The van der Waals surface area contributed by atoms with E-state index in [1.807, 2.05) is 20.1 Å². The Bertz CT molecular complexity index is 1270. The predicted octanol–water partition coefficient (Wildman–Crippen LogP) is 0.931. The third-order valence-electron chi connectivity index (χ3n) is 6.84. The van der Waals surface area contributed by atoms with Gasteiger partial charge in [0.1, 0.15) is 29.8 Å². The van der Waals surface area contributed by atoms with E-state index >= 15 is 0 Å². The summed E-state index contributed by atoms with van der Waals surface area (Å²) in [4.78, 5) is 89.1. The lowest BCUT2D eigenvalue weighted by molar-refractivity contribution is -0.141. The molecule has 7 N–H and O–H groups in total. The number of methoxy groups -OCH3 is 1. The van der Waals surface area contributed by atoms with Crippen LogP contribution in [0.2, 0.25) is 0 Å². The lowest BCUT2D eigenvalue weighted by atomic mass is 10.0. The highest BCUT2D eigenvalue weighted by Crippen LogP contribution is 2.10. The lowest BCUT2D eigenvalue weighted by Crippen LogP contribution is -2.57. The second kappa shape index (κ2) is 21.6. The first kappa shape index (κ1) is 42.7. The van der Waals surface area contributed by atoms with Crippen molar-refractivity contribution in [2.45, 2.75) is 96.5 Å². The fraction of sp³-hybridized carbons (Fsp3) is 0.606. The number of thioether (sulfide) groups is 1. The average molecular weight is 709 g/mol. The first-order valence-electron chi connectivity index (χ1n) is 16.0. The van der Waals surface area contributed by atoms with Gasteiger partial charge >= 0.3 is 12.1 Å². The Hall–Kier alpha value is -4.34. The predicted molar refractivity (Wildman–Crippen MR) is 185 cm³/mol. The third-order valence-corrected chi connectivity index (χ3v) is 7.48.